The van der Waals surface area contributed by atoms with Crippen molar-refractivity contribution in [3.05, 3.63) is 90.0 Å². The van der Waals surface area contributed by atoms with Gasteiger partial charge >= 0.3 is 0 Å². The Kier molecular flexibility index (Phi) is 9.25. The number of benzene rings is 4. The van der Waals surface area contributed by atoms with Gasteiger partial charge in [0.2, 0.25) is 0 Å². The third-order valence-corrected chi connectivity index (χ3v) is 10.7. The number of hydrogen-bond donors (Lipinski definition) is 0. The summed E-state index contributed by atoms with van der Waals surface area (Å²) in [5.74, 6) is 1.39. The molecule has 0 radical (unpaired) electrons. The van der Waals surface area contributed by atoms with Gasteiger partial charge in [-0.2, -0.15) is 0 Å². The zero-order valence-corrected chi connectivity index (χ0v) is 27.9. The van der Waals surface area contributed by atoms with E-state index in [9.17, 15) is 0 Å². The molecule has 0 heterocycles. The fraction of sp³-hybridized carbons (Fsp3) is 0.400. The van der Waals surface area contributed by atoms with Crippen LogP contribution in [0.5, 0.6) is 0 Å². The Morgan fingerprint density at radius 2 is 0.977 bits per heavy atom. The third kappa shape index (κ3) is 6.28. The summed E-state index contributed by atoms with van der Waals surface area (Å²) in [6.07, 6.45) is 13.6. The minimum atomic E-state index is 0.674. The molecule has 0 saturated heterocycles. The fourth-order valence-electron chi connectivity index (χ4n) is 7.69. The smallest absolute Gasteiger partial charge is 0.0361 e. The van der Waals surface area contributed by atoms with Crippen LogP contribution in [0, 0.1) is 0 Å². The summed E-state index contributed by atoms with van der Waals surface area (Å²) >= 11 is 0. The van der Waals surface area contributed by atoms with Crippen LogP contribution in [0.15, 0.2) is 78.9 Å². The summed E-state index contributed by atoms with van der Waals surface area (Å²) < 4.78 is 0. The molecule has 0 N–H and O–H groups in total. The van der Waals surface area contributed by atoms with Crippen molar-refractivity contribution < 1.29 is 0 Å². The number of nitrogens with zero attached hydrogens (tertiary/aromatic N) is 2. The monoisotopic (exact) mass is 588 g/mol. The lowest BCUT2D eigenvalue weighted by Crippen LogP contribution is -2.20. The minimum absolute atomic E-state index is 0.674. The molecule has 3 heteroatoms. The van der Waals surface area contributed by atoms with Crippen LogP contribution < -0.4 is 15.1 Å². The van der Waals surface area contributed by atoms with Gasteiger partial charge < -0.3 is 9.80 Å². The Morgan fingerprint density at radius 1 is 0.512 bits per heavy atom. The van der Waals surface area contributed by atoms with E-state index in [2.05, 4.69) is 126 Å². The second kappa shape index (κ2) is 13.3. The molecule has 0 amide bonds. The summed E-state index contributed by atoms with van der Waals surface area (Å²) in [6.45, 7) is 0. The highest BCUT2D eigenvalue weighted by atomic mass is 31.0. The van der Waals surface area contributed by atoms with E-state index in [1.54, 1.807) is 11.1 Å². The fourth-order valence-corrected chi connectivity index (χ4v) is 8.33. The van der Waals surface area contributed by atoms with E-state index in [0.717, 1.165) is 0 Å². The van der Waals surface area contributed by atoms with Crippen molar-refractivity contribution in [2.45, 2.75) is 76.0 Å². The van der Waals surface area contributed by atoms with E-state index in [1.165, 1.54) is 114 Å². The number of rotatable bonds is 7. The van der Waals surface area contributed by atoms with Gasteiger partial charge in [-0.1, -0.05) is 93.1 Å². The Balaban J connectivity index is 1.57. The molecule has 0 spiro atoms. The molecule has 0 aliphatic heterocycles. The van der Waals surface area contributed by atoms with Crippen molar-refractivity contribution >= 4 is 25.9 Å². The van der Waals surface area contributed by atoms with E-state index < -0.39 is 0 Å². The second-order valence-corrected chi connectivity index (χ2v) is 13.9. The first-order valence-corrected chi connectivity index (χ1v) is 17.1. The Morgan fingerprint density at radius 3 is 1.44 bits per heavy atom. The van der Waals surface area contributed by atoms with Gasteiger partial charge in [0.05, 0.1) is 0 Å². The van der Waals surface area contributed by atoms with E-state index in [4.69, 9.17) is 0 Å². The van der Waals surface area contributed by atoms with Crippen LogP contribution in [0.3, 0.4) is 0 Å². The second-order valence-electron chi connectivity index (χ2n) is 13.3. The molecule has 0 aromatic heterocycles. The lowest BCUT2D eigenvalue weighted by atomic mass is 9.74. The first-order chi connectivity index (χ1) is 20.9. The van der Waals surface area contributed by atoms with Gasteiger partial charge in [-0.05, 0) is 112 Å². The molecule has 4 aromatic rings. The summed E-state index contributed by atoms with van der Waals surface area (Å²) in [6, 6.07) is 30.1. The number of anilines is 2. The van der Waals surface area contributed by atoms with Gasteiger partial charge in [0.1, 0.15) is 0 Å². The molecule has 1 unspecified atom stereocenters. The van der Waals surface area contributed by atoms with Crippen molar-refractivity contribution in [2.75, 3.05) is 38.0 Å². The summed E-state index contributed by atoms with van der Waals surface area (Å²) in [5.41, 5.74) is 13.7. The predicted molar refractivity (Wildman–Crippen MR) is 192 cm³/mol. The van der Waals surface area contributed by atoms with Crippen LogP contribution in [-0.4, -0.2) is 28.2 Å². The van der Waals surface area contributed by atoms with Gasteiger partial charge in [0.15, 0.2) is 0 Å². The number of hydrogen-bond acceptors (Lipinski definition) is 2. The molecule has 6 rings (SSSR count). The highest BCUT2D eigenvalue weighted by molar-refractivity contribution is 7.28. The Hall–Kier alpha value is -3.09. The summed E-state index contributed by atoms with van der Waals surface area (Å²) in [5, 5.41) is 1.44. The van der Waals surface area contributed by atoms with Crippen molar-refractivity contribution in [2.24, 2.45) is 0 Å². The van der Waals surface area contributed by atoms with E-state index >= 15 is 0 Å². The molecule has 2 fully saturated rings. The lowest BCUT2D eigenvalue weighted by molar-refractivity contribution is 0.420. The molecule has 1 atom stereocenters. The van der Waals surface area contributed by atoms with Crippen LogP contribution in [0.25, 0.3) is 33.4 Å². The Labute approximate surface area is 262 Å². The van der Waals surface area contributed by atoms with E-state index in [0.29, 0.717) is 11.8 Å². The van der Waals surface area contributed by atoms with Crippen LogP contribution in [0.2, 0.25) is 0 Å². The zero-order valence-electron chi connectivity index (χ0n) is 26.7. The normalized spacial score (nSPS) is 16.3. The first-order valence-electron chi connectivity index (χ1n) is 16.5. The van der Waals surface area contributed by atoms with Gasteiger partial charge in [0.25, 0.3) is 0 Å². The maximum absolute atomic E-state index is 3.29. The zero-order chi connectivity index (χ0) is 29.9. The average molecular weight is 589 g/mol. The van der Waals surface area contributed by atoms with Gasteiger partial charge in [0, 0.05) is 39.6 Å². The van der Waals surface area contributed by atoms with Crippen LogP contribution in [0.1, 0.15) is 87.2 Å². The Bertz CT molecular complexity index is 1450. The predicted octanol–water partition coefficient (Wildman–Crippen LogP) is 10.4. The van der Waals surface area contributed by atoms with Crippen molar-refractivity contribution in [1.82, 2.24) is 0 Å². The molecule has 2 aliphatic rings. The van der Waals surface area contributed by atoms with Crippen molar-refractivity contribution in [1.29, 1.82) is 0 Å². The molecule has 224 valence electrons. The molecule has 0 bridgehead atoms. The molecular formula is C40H49N2P. The largest absolute Gasteiger partial charge is 0.378 e. The molecule has 43 heavy (non-hydrogen) atoms. The van der Waals surface area contributed by atoms with Gasteiger partial charge in [-0.25, -0.2) is 0 Å². The summed E-state index contributed by atoms with van der Waals surface area (Å²) in [4.78, 5) is 4.35. The molecule has 2 aliphatic carbocycles. The highest BCUT2D eigenvalue weighted by Gasteiger charge is 2.28. The molecular weight excluding hydrogens is 539 g/mol. The highest BCUT2D eigenvalue weighted by Crippen LogP contribution is 2.46. The molecule has 2 nitrogen and oxygen atoms in total. The van der Waals surface area contributed by atoms with Gasteiger partial charge in [-0.3, -0.25) is 0 Å². The maximum Gasteiger partial charge on any atom is 0.0361 e. The lowest BCUT2D eigenvalue weighted by Gasteiger charge is -2.32. The first kappa shape index (κ1) is 30.0. The SMILES string of the molecule is CN(C)c1ccc(-c2cccc(-c3ccc(N(C)C)cc3)c2-c2ccc(C3CCCCC3)c(C3CCCCC3)c2P)cc1. The van der Waals surface area contributed by atoms with Crippen molar-refractivity contribution in [3.8, 4) is 33.4 Å². The van der Waals surface area contributed by atoms with Gasteiger partial charge in [-0.15, -0.1) is 9.24 Å². The summed E-state index contributed by atoms with van der Waals surface area (Å²) in [7, 11) is 11.7. The van der Waals surface area contributed by atoms with Crippen LogP contribution >= 0.6 is 9.24 Å². The third-order valence-electron chi connectivity index (χ3n) is 10.1. The van der Waals surface area contributed by atoms with Crippen LogP contribution in [-0.2, 0) is 0 Å². The van der Waals surface area contributed by atoms with E-state index in [-0.39, 0.29) is 0 Å². The molecule has 4 aromatic carbocycles. The standard InChI is InChI=1S/C40H49N2P/c1-41(2)32-22-18-29(19-23-32)34-16-11-17-35(30-20-24-33(25-21-30)42(3)4)39(34)37-27-26-36(28-12-7-5-8-13-28)38(40(37)43)31-14-9-6-10-15-31/h11,16-28,31H,5-10,12-15,43H2,1-4H3. The average Bonchev–Trinajstić information content (AvgIpc) is 3.05. The minimum Gasteiger partial charge on any atom is -0.378 e. The maximum atomic E-state index is 3.29. The van der Waals surface area contributed by atoms with Crippen LogP contribution in [0.4, 0.5) is 11.4 Å². The topological polar surface area (TPSA) is 6.48 Å². The quantitative estimate of drug-likeness (QED) is 0.198. The molecule has 2 saturated carbocycles. The van der Waals surface area contributed by atoms with E-state index in [1.807, 2.05) is 0 Å². The van der Waals surface area contributed by atoms with Crippen molar-refractivity contribution in [3.63, 3.8) is 0 Å².